The van der Waals surface area contributed by atoms with E-state index in [9.17, 15) is 13.2 Å². The van der Waals surface area contributed by atoms with E-state index >= 15 is 0 Å². The van der Waals surface area contributed by atoms with Crippen molar-refractivity contribution in [2.45, 2.75) is 26.4 Å². The van der Waals surface area contributed by atoms with E-state index in [-0.39, 0.29) is 12.3 Å². The van der Waals surface area contributed by atoms with Crippen molar-refractivity contribution in [2.75, 3.05) is 13.7 Å². The van der Waals surface area contributed by atoms with Crippen LogP contribution in [0.4, 0.5) is 18.9 Å². The minimum atomic E-state index is -4.63. The lowest BCUT2D eigenvalue weighted by Crippen LogP contribution is -2.25. The maximum absolute atomic E-state index is 12.9. The molecule has 0 atom stereocenters. The topological polar surface area (TPSA) is 30.8 Å². The molecule has 0 radical (unpaired) electrons. The van der Waals surface area contributed by atoms with Gasteiger partial charge in [0.25, 0.3) is 5.90 Å². The lowest BCUT2D eigenvalue weighted by Gasteiger charge is -2.11. The standard InChI is InChI=1S/C16H20F3NO2/c1-12(2)6-4-5-11-22-15(16(17,18)19)20-13-7-9-14(21-3)10-8-13/h4-5,7-10,12H,6,11H2,1-3H3/b5-4-,20-15?. The molecule has 0 heterocycles. The lowest BCUT2D eigenvalue weighted by atomic mass is 10.1. The molecule has 0 fully saturated rings. The minimum Gasteiger partial charge on any atom is -0.497 e. The monoisotopic (exact) mass is 315 g/mol. The first-order chi connectivity index (χ1) is 10.3. The molecular formula is C16H20F3NO2. The van der Waals surface area contributed by atoms with Crippen LogP contribution in [0.2, 0.25) is 0 Å². The number of nitrogens with zero attached hydrogens (tertiary/aromatic N) is 1. The zero-order valence-corrected chi connectivity index (χ0v) is 12.9. The minimum absolute atomic E-state index is 0.152. The van der Waals surface area contributed by atoms with Crippen molar-refractivity contribution >= 4 is 11.6 Å². The number of benzene rings is 1. The number of hydrogen-bond donors (Lipinski definition) is 0. The van der Waals surface area contributed by atoms with E-state index in [4.69, 9.17) is 9.47 Å². The van der Waals surface area contributed by atoms with Crippen LogP contribution in [0.3, 0.4) is 0 Å². The molecule has 122 valence electrons. The largest absolute Gasteiger partial charge is 0.497 e. The van der Waals surface area contributed by atoms with Gasteiger partial charge < -0.3 is 9.47 Å². The highest BCUT2D eigenvalue weighted by Crippen LogP contribution is 2.24. The maximum atomic E-state index is 12.9. The molecule has 0 saturated heterocycles. The number of ether oxygens (including phenoxy) is 2. The Labute approximate surface area is 128 Å². The second-order valence-corrected chi connectivity index (χ2v) is 5.02. The fourth-order valence-corrected chi connectivity index (χ4v) is 1.51. The van der Waals surface area contributed by atoms with E-state index in [0.717, 1.165) is 6.42 Å². The van der Waals surface area contributed by atoms with Gasteiger partial charge in [-0.05, 0) is 36.6 Å². The molecule has 0 bridgehead atoms. The molecule has 1 rings (SSSR count). The summed E-state index contributed by atoms with van der Waals surface area (Å²) in [5.74, 6) is -0.261. The summed E-state index contributed by atoms with van der Waals surface area (Å²) in [6, 6.07) is 5.94. The third kappa shape index (κ3) is 6.65. The molecule has 0 aliphatic heterocycles. The summed E-state index contributed by atoms with van der Waals surface area (Å²) >= 11 is 0. The summed E-state index contributed by atoms with van der Waals surface area (Å²) in [5, 5.41) is 0. The molecule has 1 aromatic rings. The number of rotatable bonds is 6. The highest BCUT2D eigenvalue weighted by molar-refractivity contribution is 5.84. The van der Waals surface area contributed by atoms with Crippen LogP contribution in [0.25, 0.3) is 0 Å². The van der Waals surface area contributed by atoms with E-state index in [1.54, 1.807) is 12.2 Å². The Morgan fingerprint density at radius 2 is 1.82 bits per heavy atom. The molecule has 0 amide bonds. The third-order valence-electron chi connectivity index (χ3n) is 2.64. The molecule has 0 aliphatic carbocycles. The number of allylic oxidation sites excluding steroid dienone is 1. The second kappa shape index (κ2) is 8.46. The van der Waals surface area contributed by atoms with Crippen molar-refractivity contribution in [3.63, 3.8) is 0 Å². The highest BCUT2D eigenvalue weighted by atomic mass is 19.4. The van der Waals surface area contributed by atoms with Gasteiger partial charge in [0.15, 0.2) is 0 Å². The molecule has 0 spiro atoms. The summed E-state index contributed by atoms with van der Waals surface area (Å²) in [4.78, 5) is 3.52. The number of halogens is 3. The first-order valence-electron chi connectivity index (χ1n) is 6.90. The van der Waals surface area contributed by atoms with E-state index in [1.807, 2.05) is 13.8 Å². The van der Waals surface area contributed by atoms with Crippen LogP contribution >= 0.6 is 0 Å². The number of aliphatic imine (C=N–C) groups is 1. The van der Waals surface area contributed by atoms with Gasteiger partial charge in [-0.1, -0.05) is 26.0 Å². The predicted molar refractivity (Wildman–Crippen MR) is 80.7 cm³/mol. The smallest absolute Gasteiger partial charge is 0.468 e. The second-order valence-electron chi connectivity index (χ2n) is 5.02. The van der Waals surface area contributed by atoms with Gasteiger partial charge in [-0.15, -0.1) is 0 Å². The molecule has 0 aromatic heterocycles. The van der Waals surface area contributed by atoms with Crippen molar-refractivity contribution in [3.05, 3.63) is 36.4 Å². The molecule has 0 N–H and O–H groups in total. The van der Waals surface area contributed by atoms with E-state index < -0.39 is 12.1 Å². The molecule has 0 aliphatic rings. The van der Waals surface area contributed by atoms with Crippen LogP contribution in [0.1, 0.15) is 20.3 Å². The molecule has 22 heavy (non-hydrogen) atoms. The number of alkyl halides is 3. The third-order valence-corrected chi connectivity index (χ3v) is 2.64. The Kier molecular flexibility index (Phi) is 6.95. The van der Waals surface area contributed by atoms with Crippen LogP contribution < -0.4 is 4.74 Å². The van der Waals surface area contributed by atoms with E-state index in [0.29, 0.717) is 11.7 Å². The van der Waals surface area contributed by atoms with Gasteiger partial charge in [0.1, 0.15) is 12.4 Å². The Hall–Kier alpha value is -1.98. The van der Waals surface area contributed by atoms with Gasteiger partial charge in [-0.3, -0.25) is 0 Å². The Balaban J connectivity index is 2.75. The van der Waals surface area contributed by atoms with Crippen molar-refractivity contribution in [2.24, 2.45) is 10.9 Å². The van der Waals surface area contributed by atoms with Crippen LogP contribution in [0.15, 0.2) is 41.4 Å². The molecule has 0 unspecified atom stereocenters. The normalized spacial score (nSPS) is 13.0. The maximum Gasteiger partial charge on any atom is 0.468 e. The van der Waals surface area contributed by atoms with Gasteiger partial charge in [-0.25, -0.2) is 4.99 Å². The summed E-state index contributed by atoms with van der Waals surface area (Å²) in [7, 11) is 1.48. The number of methoxy groups -OCH3 is 1. The highest BCUT2D eigenvalue weighted by Gasteiger charge is 2.38. The molecule has 6 heteroatoms. The van der Waals surface area contributed by atoms with Gasteiger partial charge in [0, 0.05) is 0 Å². The quantitative estimate of drug-likeness (QED) is 0.424. The molecule has 1 aromatic carbocycles. The Morgan fingerprint density at radius 3 is 2.32 bits per heavy atom. The van der Waals surface area contributed by atoms with Gasteiger partial charge in [0.05, 0.1) is 12.8 Å². The average Bonchev–Trinajstić information content (AvgIpc) is 2.45. The van der Waals surface area contributed by atoms with E-state index in [2.05, 4.69) is 4.99 Å². The first-order valence-corrected chi connectivity index (χ1v) is 6.90. The van der Waals surface area contributed by atoms with Crippen LogP contribution in [-0.4, -0.2) is 25.8 Å². The van der Waals surface area contributed by atoms with Gasteiger partial charge in [0.2, 0.25) is 0 Å². The summed E-state index contributed by atoms with van der Waals surface area (Å²) < 4.78 is 48.3. The van der Waals surface area contributed by atoms with Crippen molar-refractivity contribution in [1.82, 2.24) is 0 Å². The summed E-state index contributed by atoms with van der Waals surface area (Å²) in [6.45, 7) is 3.89. The first kappa shape index (κ1) is 18.1. The van der Waals surface area contributed by atoms with Crippen LogP contribution in [0.5, 0.6) is 5.75 Å². The Morgan fingerprint density at radius 1 is 1.18 bits per heavy atom. The fourth-order valence-electron chi connectivity index (χ4n) is 1.51. The zero-order chi connectivity index (χ0) is 16.6. The van der Waals surface area contributed by atoms with Crippen LogP contribution in [-0.2, 0) is 4.74 Å². The molecular weight excluding hydrogens is 295 g/mol. The fraction of sp³-hybridized carbons (Fsp3) is 0.438. The van der Waals surface area contributed by atoms with Crippen molar-refractivity contribution in [1.29, 1.82) is 0 Å². The van der Waals surface area contributed by atoms with Crippen LogP contribution in [0, 0.1) is 5.92 Å². The van der Waals surface area contributed by atoms with Gasteiger partial charge in [-0.2, -0.15) is 13.2 Å². The van der Waals surface area contributed by atoms with Crippen molar-refractivity contribution in [3.8, 4) is 5.75 Å². The summed E-state index contributed by atoms with van der Waals surface area (Å²) in [6.07, 6.45) is -0.479. The number of hydrogen-bond acceptors (Lipinski definition) is 3. The Bertz CT molecular complexity index is 505. The van der Waals surface area contributed by atoms with Gasteiger partial charge >= 0.3 is 6.18 Å². The van der Waals surface area contributed by atoms with Crippen molar-refractivity contribution < 1.29 is 22.6 Å². The average molecular weight is 315 g/mol. The zero-order valence-electron chi connectivity index (χ0n) is 12.9. The SMILES string of the molecule is COc1ccc(N=C(OC/C=C\CC(C)C)C(F)(F)F)cc1. The predicted octanol–water partition coefficient (Wildman–Crippen LogP) is 4.91. The summed E-state index contributed by atoms with van der Waals surface area (Å²) in [5.41, 5.74) is 0.152. The molecule has 0 saturated carbocycles. The van der Waals surface area contributed by atoms with E-state index in [1.165, 1.54) is 31.4 Å². The molecule has 3 nitrogen and oxygen atoms in total. The lowest BCUT2D eigenvalue weighted by molar-refractivity contribution is -0.0770.